The largest absolute Gasteiger partial charge is 0.467 e. The van der Waals surface area contributed by atoms with Crippen LogP contribution < -0.4 is 15.0 Å². The molecule has 1 fully saturated rings. The molecule has 1 aromatic carbocycles. The summed E-state index contributed by atoms with van der Waals surface area (Å²) in [5.74, 6) is 0.396. The van der Waals surface area contributed by atoms with Crippen molar-refractivity contribution in [3.8, 4) is 5.75 Å². The van der Waals surface area contributed by atoms with Crippen molar-refractivity contribution < 1.29 is 14.6 Å². The zero-order valence-electron chi connectivity index (χ0n) is 19.2. The Morgan fingerprint density at radius 1 is 1.19 bits per heavy atom. The number of nitrogens with zero attached hydrogens (tertiary/aromatic N) is 4. The van der Waals surface area contributed by atoms with E-state index in [2.05, 4.69) is 20.3 Å². The Hall–Kier alpha value is -3.13. The van der Waals surface area contributed by atoms with E-state index in [9.17, 15) is 9.90 Å². The van der Waals surface area contributed by atoms with Crippen LogP contribution in [0.15, 0.2) is 36.8 Å². The summed E-state index contributed by atoms with van der Waals surface area (Å²) in [6.45, 7) is 7.48. The van der Waals surface area contributed by atoms with Crippen LogP contribution in [0.25, 0.3) is 5.65 Å². The number of benzene rings is 1. The molecule has 3 aromatic rings. The van der Waals surface area contributed by atoms with Crippen LogP contribution >= 0.6 is 0 Å². The van der Waals surface area contributed by atoms with Crippen LogP contribution in [0.2, 0.25) is 0 Å². The number of fused-ring (bicyclic) bond motifs is 1. The van der Waals surface area contributed by atoms with Crippen molar-refractivity contribution in [3.05, 3.63) is 47.9 Å². The number of aliphatic hydroxyl groups is 1. The Labute approximate surface area is 189 Å². The molecule has 2 N–H and O–H groups in total. The van der Waals surface area contributed by atoms with Gasteiger partial charge in [-0.25, -0.2) is 9.50 Å². The number of anilines is 2. The second-order valence-electron chi connectivity index (χ2n) is 7.41. The number of nitrogens with one attached hydrogen (secondary N) is 1. The number of aryl methyl sites for hydroxylation is 1. The predicted octanol–water partition coefficient (Wildman–Crippen LogP) is 4.28. The van der Waals surface area contributed by atoms with Gasteiger partial charge in [0.05, 0.1) is 17.6 Å². The normalized spacial score (nSPS) is 13.8. The maximum absolute atomic E-state index is 13.1. The standard InChI is InChI=1S/C22H27N5O3.C2H6/c1-2-16-12-18(25-22(29)17-14-24-27-11-7-8-23-21(17)27)19(13-20(16)30-15-28)26-9-5-3-4-6-10-26;1-2/h7-8,11-14,28H,2-6,9-10,15H2,1H3,(H,25,29);1-2H3. The molecule has 0 saturated carbocycles. The zero-order chi connectivity index (χ0) is 22.9. The Kier molecular flexibility index (Phi) is 8.44. The fourth-order valence-electron chi connectivity index (χ4n) is 3.94. The highest BCUT2D eigenvalue weighted by Gasteiger charge is 2.21. The van der Waals surface area contributed by atoms with Gasteiger partial charge in [0.1, 0.15) is 11.3 Å². The molecule has 0 bridgehead atoms. The third kappa shape index (κ3) is 5.19. The lowest BCUT2D eigenvalue weighted by atomic mass is 10.1. The smallest absolute Gasteiger partial charge is 0.261 e. The summed E-state index contributed by atoms with van der Waals surface area (Å²) in [7, 11) is 0. The number of carbonyl (C=O) groups is 1. The van der Waals surface area contributed by atoms with Gasteiger partial charge in [0.25, 0.3) is 5.91 Å². The Balaban J connectivity index is 0.00000141. The summed E-state index contributed by atoms with van der Waals surface area (Å²) in [6.07, 6.45) is 10.3. The van der Waals surface area contributed by atoms with Crippen LogP contribution in [-0.2, 0) is 6.42 Å². The second kappa shape index (κ2) is 11.5. The fraction of sp³-hybridized carbons (Fsp3) is 0.458. The highest BCUT2D eigenvalue weighted by atomic mass is 16.6. The quantitative estimate of drug-likeness (QED) is 0.557. The lowest BCUT2D eigenvalue weighted by molar-refractivity contribution is 0.0975. The fourth-order valence-corrected chi connectivity index (χ4v) is 3.94. The molecule has 0 atom stereocenters. The molecule has 172 valence electrons. The number of carbonyl (C=O) groups excluding carboxylic acids is 1. The lowest BCUT2D eigenvalue weighted by Crippen LogP contribution is -2.26. The van der Waals surface area contributed by atoms with Crippen LogP contribution in [0.1, 0.15) is 62.4 Å². The van der Waals surface area contributed by atoms with E-state index in [-0.39, 0.29) is 12.7 Å². The molecule has 0 aliphatic carbocycles. The molecule has 0 spiro atoms. The maximum Gasteiger partial charge on any atom is 0.261 e. The van der Waals surface area contributed by atoms with E-state index in [1.54, 1.807) is 23.0 Å². The molecule has 0 radical (unpaired) electrons. The van der Waals surface area contributed by atoms with Crippen molar-refractivity contribution in [2.75, 3.05) is 30.1 Å². The first-order valence-corrected chi connectivity index (χ1v) is 11.5. The Bertz CT molecular complexity index is 1030. The van der Waals surface area contributed by atoms with Crippen LogP contribution in [0.5, 0.6) is 5.75 Å². The van der Waals surface area contributed by atoms with Crippen molar-refractivity contribution >= 4 is 22.9 Å². The molecular weight excluding hydrogens is 406 g/mol. The van der Waals surface area contributed by atoms with E-state index in [0.717, 1.165) is 49.3 Å². The van der Waals surface area contributed by atoms with Crippen molar-refractivity contribution in [3.63, 3.8) is 0 Å². The number of aliphatic hydroxyl groups excluding tert-OH is 1. The predicted molar refractivity (Wildman–Crippen MR) is 127 cm³/mol. The first kappa shape index (κ1) is 23.5. The molecule has 1 saturated heterocycles. The highest BCUT2D eigenvalue weighted by Crippen LogP contribution is 2.36. The van der Waals surface area contributed by atoms with Crippen LogP contribution in [0.3, 0.4) is 0 Å². The molecule has 32 heavy (non-hydrogen) atoms. The minimum atomic E-state index is -0.383. The zero-order valence-corrected chi connectivity index (χ0v) is 19.2. The number of rotatable bonds is 6. The minimum Gasteiger partial charge on any atom is -0.467 e. The van der Waals surface area contributed by atoms with E-state index in [1.165, 1.54) is 19.0 Å². The van der Waals surface area contributed by atoms with Crippen molar-refractivity contribution in [2.45, 2.75) is 52.9 Å². The minimum absolute atomic E-state index is 0.252. The first-order chi connectivity index (χ1) is 15.7. The summed E-state index contributed by atoms with van der Waals surface area (Å²) in [5.41, 5.74) is 3.51. The summed E-state index contributed by atoms with van der Waals surface area (Å²) < 4.78 is 7.06. The van der Waals surface area contributed by atoms with Gasteiger partial charge in [-0.3, -0.25) is 4.79 Å². The van der Waals surface area contributed by atoms with Gasteiger partial charge in [-0.2, -0.15) is 5.10 Å². The molecule has 0 unspecified atom stereocenters. The van der Waals surface area contributed by atoms with Gasteiger partial charge in [-0.15, -0.1) is 0 Å². The molecule has 4 rings (SSSR count). The Morgan fingerprint density at radius 2 is 1.94 bits per heavy atom. The number of amides is 1. The molecule has 1 aliphatic heterocycles. The van der Waals surface area contributed by atoms with E-state index in [1.807, 2.05) is 32.9 Å². The number of aromatic nitrogens is 3. The lowest BCUT2D eigenvalue weighted by Gasteiger charge is -2.27. The summed E-state index contributed by atoms with van der Waals surface area (Å²) in [4.78, 5) is 19.7. The highest BCUT2D eigenvalue weighted by molar-refractivity contribution is 6.09. The summed E-state index contributed by atoms with van der Waals surface area (Å²) >= 11 is 0. The third-order valence-electron chi connectivity index (χ3n) is 5.50. The number of hydrogen-bond donors (Lipinski definition) is 2. The van der Waals surface area contributed by atoms with Gasteiger partial charge < -0.3 is 20.1 Å². The topological polar surface area (TPSA) is 92.0 Å². The molecule has 1 amide bonds. The molecule has 8 heteroatoms. The summed E-state index contributed by atoms with van der Waals surface area (Å²) in [6, 6.07) is 5.65. The van der Waals surface area contributed by atoms with E-state index < -0.39 is 0 Å². The van der Waals surface area contributed by atoms with Gasteiger partial charge in [0.2, 0.25) is 0 Å². The molecular formula is C24H33N5O3. The van der Waals surface area contributed by atoms with Crippen LogP contribution in [-0.4, -0.2) is 45.5 Å². The van der Waals surface area contributed by atoms with Gasteiger partial charge in [0, 0.05) is 31.5 Å². The SMILES string of the molecule is CC.CCc1cc(NC(=O)c2cnn3cccnc23)c(N2CCCCCC2)cc1OCO. The summed E-state index contributed by atoms with van der Waals surface area (Å²) in [5, 5.41) is 16.6. The van der Waals surface area contributed by atoms with Crippen molar-refractivity contribution in [1.82, 2.24) is 14.6 Å². The maximum atomic E-state index is 13.1. The molecule has 1 aliphatic rings. The van der Waals surface area contributed by atoms with Gasteiger partial charge in [-0.05, 0) is 37.0 Å². The average molecular weight is 440 g/mol. The molecule has 3 heterocycles. The van der Waals surface area contributed by atoms with E-state index in [4.69, 9.17) is 4.74 Å². The van der Waals surface area contributed by atoms with Gasteiger partial charge in [-0.1, -0.05) is 33.6 Å². The first-order valence-electron chi connectivity index (χ1n) is 11.5. The number of hydrogen-bond acceptors (Lipinski definition) is 6. The molecule has 2 aromatic heterocycles. The van der Waals surface area contributed by atoms with Crippen molar-refractivity contribution in [2.24, 2.45) is 0 Å². The van der Waals surface area contributed by atoms with Gasteiger partial charge in [0.15, 0.2) is 12.4 Å². The second-order valence-corrected chi connectivity index (χ2v) is 7.41. The Morgan fingerprint density at radius 3 is 2.62 bits per heavy atom. The average Bonchev–Trinajstić information content (AvgIpc) is 3.08. The van der Waals surface area contributed by atoms with E-state index in [0.29, 0.717) is 17.0 Å². The van der Waals surface area contributed by atoms with Crippen molar-refractivity contribution in [1.29, 1.82) is 0 Å². The van der Waals surface area contributed by atoms with Crippen LogP contribution in [0, 0.1) is 0 Å². The van der Waals surface area contributed by atoms with Gasteiger partial charge >= 0.3 is 0 Å². The third-order valence-corrected chi connectivity index (χ3v) is 5.50. The molecule has 8 nitrogen and oxygen atoms in total. The monoisotopic (exact) mass is 439 g/mol. The number of ether oxygens (including phenoxy) is 1. The van der Waals surface area contributed by atoms with E-state index >= 15 is 0 Å². The van der Waals surface area contributed by atoms with Crippen LogP contribution in [0.4, 0.5) is 11.4 Å².